The smallest absolute Gasteiger partial charge is 0.274 e. The van der Waals surface area contributed by atoms with Gasteiger partial charge in [0.25, 0.3) is 5.91 Å². The number of carbonyl (C=O) groups excluding carboxylic acids is 2. The summed E-state index contributed by atoms with van der Waals surface area (Å²) in [7, 11) is 0. The number of hydrogen-bond donors (Lipinski definition) is 2. The fourth-order valence-electron chi connectivity index (χ4n) is 5.29. The number of carbonyl (C=O) groups is 2. The molecule has 4 rings (SSSR count). The molecule has 1 saturated heterocycles. The van der Waals surface area contributed by atoms with Crippen molar-refractivity contribution in [2.24, 2.45) is 5.92 Å². The summed E-state index contributed by atoms with van der Waals surface area (Å²) in [5.41, 5.74) is -0.867. The van der Waals surface area contributed by atoms with Crippen molar-refractivity contribution in [1.29, 1.82) is 0 Å². The molecule has 0 radical (unpaired) electrons. The maximum atomic E-state index is 13.2. The van der Waals surface area contributed by atoms with Crippen LogP contribution in [-0.4, -0.2) is 77.0 Å². The minimum Gasteiger partial charge on any atom is -0.503 e. The molecule has 2 fully saturated rings. The van der Waals surface area contributed by atoms with Crippen LogP contribution in [0.3, 0.4) is 0 Å². The molecule has 3 heterocycles. The zero-order chi connectivity index (χ0) is 21.1. The lowest BCUT2D eigenvalue weighted by Crippen LogP contribution is -2.53. The van der Waals surface area contributed by atoms with E-state index in [-0.39, 0.29) is 23.2 Å². The highest BCUT2D eigenvalue weighted by Crippen LogP contribution is 2.31. The van der Waals surface area contributed by atoms with Crippen LogP contribution in [0.4, 0.5) is 0 Å². The van der Waals surface area contributed by atoms with E-state index in [4.69, 9.17) is 0 Å². The number of nitrogens with one attached hydrogen (secondary N) is 1. The van der Waals surface area contributed by atoms with Crippen LogP contribution in [0.1, 0.15) is 59.4 Å². The number of fused-ring (bicyclic) bond motifs is 1. The van der Waals surface area contributed by atoms with Gasteiger partial charge in [-0.2, -0.15) is 0 Å². The number of amides is 1. The maximum Gasteiger partial charge on any atom is 0.274 e. The first kappa shape index (κ1) is 21.1. The van der Waals surface area contributed by atoms with E-state index in [9.17, 15) is 19.5 Å². The Morgan fingerprint density at radius 2 is 1.83 bits per heavy atom. The fraction of sp³-hybridized carbons (Fsp3) is 0.682. The summed E-state index contributed by atoms with van der Waals surface area (Å²) >= 11 is 0. The second kappa shape index (κ2) is 9.31. The molecule has 2 N–H and O–H groups in total. The Bertz CT molecular complexity index is 846. The monoisotopic (exact) mass is 416 g/mol. The molecule has 3 aliphatic rings. The molecule has 1 saturated carbocycles. The summed E-state index contributed by atoms with van der Waals surface area (Å²) in [5, 5.41) is 13.9. The summed E-state index contributed by atoms with van der Waals surface area (Å²) in [6, 6.07) is 0.111. The van der Waals surface area contributed by atoms with Crippen molar-refractivity contribution in [3.63, 3.8) is 0 Å². The molecule has 1 aliphatic carbocycles. The molecule has 2 unspecified atom stereocenters. The molecule has 0 spiro atoms. The Hall–Kier alpha value is -2.19. The summed E-state index contributed by atoms with van der Waals surface area (Å²) in [6.07, 6.45) is 8.69. The molecule has 2 aliphatic heterocycles. The number of pyridine rings is 1. The van der Waals surface area contributed by atoms with Gasteiger partial charge in [0, 0.05) is 38.4 Å². The Morgan fingerprint density at radius 3 is 2.60 bits per heavy atom. The third-order valence-electron chi connectivity index (χ3n) is 6.94. The van der Waals surface area contributed by atoms with E-state index in [1.54, 1.807) is 4.57 Å². The van der Waals surface area contributed by atoms with Gasteiger partial charge in [-0.3, -0.25) is 14.4 Å². The van der Waals surface area contributed by atoms with Crippen LogP contribution >= 0.6 is 0 Å². The lowest BCUT2D eigenvalue weighted by atomic mass is 9.83. The van der Waals surface area contributed by atoms with E-state index in [1.807, 2.05) is 4.90 Å². The van der Waals surface area contributed by atoms with Crippen LogP contribution in [0.2, 0.25) is 0 Å². The van der Waals surface area contributed by atoms with E-state index in [0.717, 1.165) is 38.9 Å². The molecular weight excluding hydrogens is 384 g/mol. The molecule has 8 heteroatoms. The van der Waals surface area contributed by atoms with E-state index < -0.39 is 11.2 Å². The van der Waals surface area contributed by atoms with Gasteiger partial charge in [-0.15, -0.1) is 0 Å². The number of nitrogens with zero attached hydrogens (tertiary/aromatic N) is 3. The highest BCUT2D eigenvalue weighted by Gasteiger charge is 2.37. The van der Waals surface area contributed by atoms with Gasteiger partial charge in [0.05, 0.1) is 5.56 Å². The summed E-state index contributed by atoms with van der Waals surface area (Å²) in [5.74, 6) is -0.538. The van der Waals surface area contributed by atoms with E-state index in [0.29, 0.717) is 25.3 Å². The van der Waals surface area contributed by atoms with Gasteiger partial charge in [-0.1, -0.05) is 12.8 Å². The van der Waals surface area contributed by atoms with E-state index in [2.05, 4.69) is 10.2 Å². The maximum absolute atomic E-state index is 13.2. The first-order valence-corrected chi connectivity index (χ1v) is 11.3. The van der Waals surface area contributed by atoms with Crippen molar-refractivity contribution in [2.75, 3.05) is 39.3 Å². The summed E-state index contributed by atoms with van der Waals surface area (Å²) in [6.45, 7) is 6.32. The Balaban J connectivity index is 1.44. The van der Waals surface area contributed by atoms with Crippen molar-refractivity contribution in [1.82, 2.24) is 19.7 Å². The topological polar surface area (TPSA) is 94.9 Å². The third-order valence-corrected chi connectivity index (χ3v) is 6.94. The minimum absolute atomic E-state index is 0.0168. The fourth-order valence-corrected chi connectivity index (χ4v) is 5.29. The highest BCUT2D eigenvalue weighted by molar-refractivity contribution is 5.96. The third kappa shape index (κ3) is 4.16. The number of aromatic hydroxyl groups is 1. The van der Waals surface area contributed by atoms with Crippen LogP contribution in [0, 0.1) is 5.92 Å². The highest BCUT2D eigenvalue weighted by atomic mass is 16.3. The first-order valence-electron chi connectivity index (χ1n) is 11.3. The number of likely N-dealkylation sites (tertiary alicyclic amines) is 1. The summed E-state index contributed by atoms with van der Waals surface area (Å²) < 4.78 is 1.55. The summed E-state index contributed by atoms with van der Waals surface area (Å²) in [4.78, 5) is 40.8. The van der Waals surface area contributed by atoms with Gasteiger partial charge in [0.1, 0.15) is 0 Å². The lowest BCUT2D eigenvalue weighted by molar-refractivity contribution is 0.0457. The van der Waals surface area contributed by atoms with Crippen LogP contribution < -0.4 is 10.7 Å². The Labute approximate surface area is 176 Å². The standard InChI is InChI=1S/C22H32N4O4/c27-15-17-14-25-11-12-26(22(30)19(25)21(29)20(17)28)18-6-2-1-5-16(18)13-23-7-10-24-8-3-4-9-24/h14-16,18,23,29H,1-13H2. The van der Waals surface area contributed by atoms with Crippen molar-refractivity contribution in [2.45, 2.75) is 51.1 Å². The second-order valence-corrected chi connectivity index (χ2v) is 8.79. The van der Waals surface area contributed by atoms with Gasteiger partial charge < -0.3 is 24.8 Å². The van der Waals surface area contributed by atoms with Crippen molar-refractivity contribution < 1.29 is 14.7 Å². The van der Waals surface area contributed by atoms with Crippen LogP contribution in [0.25, 0.3) is 0 Å². The predicted molar refractivity (Wildman–Crippen MR) is 113 cm³/mol. The molecule has 0 bridgehead atoms. The Morgan fingerprint density at radius 1 is 1.07 bits per heavy atom. The minimum atomic E-state index is -0.768. The van der Waals surface area contributed by atoms with Gasteiger partial charge in [-0.25, -0.2) is 0 Å². The quantitative estimate of drug-likeness (QED) is 0.510. The molecule has 164 valence electrons. The molecule has 1 amide bonds. The molecule has 8 nitrogen and oxygen atoms in total. The zero-order valence-corrected chi connectivity index (χ0v) is 17.5. The lowest BCUT2D eigenvalue weighted by Gasteiger charge is -2.42. The molecular formula is C22H32N4O4. The average Bonchev–Trinajstić information content (AvgIpc) is 3.28. The van der Waals surface area contributed by atoms with E-state index >= 15 is 0 Å². The molecule has 30 heavy (non-hydrogen) atoms. The molecule has 2 atom stereocenters. The van der Waals surface area contributed by atoms with Crippen molar-refractivity contribution in [3.8, 4) is 5.75 Å². The van der Waals surface area contributed by atoms with Crippen molar-refractivity contribution >= 4 is 12.2 Å². The Kier molecular flexibility index (Phi) is 6.53. The van der Waals surface area contributed by atoms with Crippen LogP contribution in [0.15, 0.2) is 11.0 Å². The van der Waals surface area contributed by atoms with Gasteiger partial charge in [0.2, 0.25) is 5.43 Å². The second-order valence-electron chi connectivity index (χ2n) is 8.79. The molecule has 0 aromatic carbocycles. The van der Waals surface area contributed by atoms with Gasteiger partial charge in [0.15, 0.2) is 17.7 Å². The number of aldehydes is 1. The van der Waals surface area contributed by atoms with Crippen molar-refractivity contribution in [3.05, 3.63) is 27.7 Å². The molecule has 1 aromatic rings. The zero-order valence-electron chi connectivity index (χ0n) is 17.5. The van der Waals surface area contributed by atoms with Gasteiger partial charge >= 0.3 is 0 Å². The van der Waals surface area contributed by atoms with Gasteiger partial charge in [-0.05, 0) is 51.2 Å². The normalized spacial score (nSPS) is 24.8. The number of rotatable bonds is 7. The predicted octanol–water partition coefficient (Wildman–Crippen LogP) is 1.07. The number of aromatic nitrogens is 1. The number of hydrogen-bond acceptors (Lipinski definition) is 6. The molecule has 1 aromatic heterocycles. The first-order chi connectivity index (χ1) is 14.6. The largest absolute Gasteiger partial charge is 0.503 e. The average molecular weight is 417 g/mol. The van der Waals surface area contributed by atoms with E-state index in [1.165, 1.54) is 38.5 Å². The SMILES string of the molecule is O=Cc1cn2c(c(O)c1=O)C(=O)N(C1CCCCC1CNCCN1CCCC1)CC2. The van der Waals surface area contributed by atoms with Crippen LogP contribution in [0.5, 0.6) is 5.75 Å². The van der Waals surface area contributed by atoms with Crippen LogP contribution in [-0.2, 0) is 6.54 Å².